The monoisotopic (exact) mass is 332 g/mol. The largest absolute Gasteiger partial charge is 0.356 e. The fourth-order valence-electron chi connectivity index (χ4n) is 2.64. The minimum atomic E-state index is 0.174. The topological polar surface area (TPSA) is 67.1 Å². The number of nitrogens with zero attached hydrogens (tertiary/aromatic N) is 4. The predicted octanol–water partition coefficient (Wildman–Crippen LogP) is 1.87. The van der Waals surface area contributed by atoms with Gasteiger partial charge in [0.1, 0.15) is 6.33 Å². The number of aromatic nitrogens is 3. The maximum absolute atomic E-state index is 6.12. The fourth-order valence-corrected chi connectivity index (χ4v) is 2.83. The third-order valence-corrected chi connectivity index (χ3v) is 4.56. The maximum Gasteiger partial charge on any atom is 0.191 e. The molecule has 122 valence electrons. The van der Waals surface area contributed by atoms with Crippen molar-refractivity contribution in [3.8, 4) is 0 Å². The summed E-state index contributed by atoms with van der Waals surface area (Å²) in [7, 11) is 3.69. The van der Waals surface area contributed by atoms with E-state index in [1.165, 1.54) is 18.4 Å². The van der Waals surface area contributed by atoms with E-state index in [-0.39, 0.29) is 5.41 Å². The first-order valence-corrected chi connectivity index (χ1v) is 8.04. The zero-order valence-corrected chi connectivity index (χ0v) is 14.1. The highest BCUT2D eigenvalue weighted by atomic mass is 35.5. The van der Waals surface area contributed by atoms with E-state index in [1.54, 1.807) is 13.4 Å². The van der Waals surface area contributed by atoms with Gasteiger partial charge in [-0.3, -0.25) is 4.99 Å². The number of hydrogen-bond donors (Lipinski definition) is 2. The Morgan fingerprint density at radius 2 is 2.22 bits per heavy atom. The second-order valence-corrected chi connectivity index (χ2v) is 6.36. The lowest BCUT2D eigenvalue weighted by molar-refractivity contribution is 0.640. The Morgan fingerprint density at radius 3 is 2.83 bits per heavy atom. The molecule has 2 aromatic rings. The van der Waals surface area contributed by atoms with Gasteiger partial charge in [-0.1, -0.05) is 23.7 Å². The highest BCUT2D eigenvalue weighted by Crippen LogP contribution is 2.48. The third-order valence-electron chi connectivity index (χ3n) is 4.33. The minimum Gasteiger partial charge on any atom is -0.356 e. The van der Waals surface area contributed by atoms with Gasteiger partial charge in [-0.25, -0.2) is 0 Å². The minimum absolute atomic E-state index is 0.174. The van der Waals surface area contributed by atoms with Gasteiger partial charge < -0.3 is 15.2 Å². The van der Waals surface area contributed by atoms with Gasteiger partial charge in [-0.05, 0) is 30.5 Å². The average molecular weight is 333 g/mol. The van der Waals surface area contributed by atoms with Gasteiger partial charge in [0.05, 0.1) is 6.54 Å². The molecule has 0 atom stereocenters. The van der Waals surface area contributed by atoms with Crippen LogP contribution in [0.1, 0.15) is 24.2 Å². The summed E-state index contributed by atoms with van der Waals surface area (Å²) < 4.78 is 1.88. The normalized spacial score (nSPS) is 16.2. The molecule has 0 amide bonds. The second kappa shape index (κ2) is 6.58. The quantitative estimate of drug-likeness (QED) is 0.648. The van der Waals surface area contributed by atoms with Gasteiger partial charge in [0.15, 0.2) is 11.8 Å². The highest BCUT2D eigenvalue weighted by Gasteiger charge is 2.44. The summed E-state index contributed by atoms with van der Waals surface area (Å²) in [5.41, 5.74) is 1.47. The number of benzene rings is 1. The lowest BCUT2D eigenvalue weighted by atomic mass is 9.96. The Bertz CT molecular complexity index is 704. The van der Waals surface area contributed by atoms with Crippen molar-refractivity contribution in [1.82, 2.24) is 25.4 Å². The summed E-state index contributed by atoms with van der Waals surface area (Å²) in [6.45, 7) is 1.42. The van der Waals surface area contributed by atoms with Crippen LogP contribution >= 0.6 is 11.6 Å². The van der Waals surface area contributed by atoms with Gasteiger partial charge in [-0.2, -0.15) is 0 Å². The lowest BCUT2D eigenvalue weighted by Crippen LogP contribution is -2.41. The molecular formula is C16H21ClN6. The van der Waals surface area contributed by atoms with Crippen molar-refractivity contribution >= 4 is 17.6 Å². The summed E-state index contributed by atoms with van der Waals surface area (Å²) in [6, 6.07) is 8.14. The summed E-state index contributed by atoms with van der Waals surface area (Å²) >= 11 is 6.12. The molecule has 1 aromatic carbocycles. The summed E-state index contributed by atoms with van der Waals surface area (Å²) in [6.07, 6.45) is 4.02. The van der Waals surface area contributed by atoms with E-state index < -0.39 is 0 Å². The Hall–Kier alpha value is -2.08. The molecule has 1 aliphatic carbocycles. The van der Waals surface area contributed by atoms with Crippen LogP contribution < -0.4 is 10.6 Å². The van der Waals surface area contributed by atoms with Crippen molar-refractivity contribution in [1.29, 1.82) is 0 Å². The SMILES string of the molecule is CN=C(NCc1nncn1C)NCC1(c2cccc(Cl)c2)CC1. The molecule has 0 aliphatic heterocycles. The maximum atomic E-state index is 6.12. The molecule has 0 saturated heterocycles. The van der Waals surface area contributed by atoms with Gasteiger partial charge in [0.2, 0.25) is 0 Å². The standard InChI is InChI=1S/C16H21ClN6/c1-18-15(19-9-14-22-21-11-23(14)2)20-10-16(6-7-16)12-4-3-5-13(17)8-12/h3-5,8,11H,6-7,9-10H2,1-2H3,(H2,18,19,20). The Labute approximate surface area is 141 Å². The van der Waals surface area contributed by atoms with Crippen LogP contribution in [0.15, 0.2) is 35.6 Å². The molecule has 1 aliphatic rings. The Morgan fingerprint density at radius 1 is 1.39 bits per heavy atom. The first kappa shape index (κ1) is 15.8. The Kier molecular flexibility index (Phi) is 4.52. The molecule has 0 spiro atoms. The number of nitrogens with one attached hydrogen (secondary N) is 2. The molecule has 0 unspecified atom stereocenters. The summed E-state index contributed by atoms with van der Waals surface area (Å²) in [5.74, 6) is 1.63. The Balaban J connectivity index is 1.57. The molecule has 2 N–H and O–H groups in total. The lowest BCUT2D eigenvalue weighted by Gasteiger charge is -2.19. The number of aryl methyl sites for hydroxylation is 1. The summed E-state index contributed by atoms with van der Waals surface area (Å²) in [5, 5.41) is 15.4. The molecule has 7 heteroatoms. The average Bonchev–Trinajstić information content (AvgIpc) is 3.24. The van der Waals surface area contributed by atoms with Crippen LogP contribution in [0.25, 0.3) is 0 Å². The van der Waals surface area contributed by atoms with Gasteiger partial charge in [-0.15, -0.1) is 10.2 Å². The first-order valence-electron chi connectivity index (χ1n) is 7.66. The molecule has 6 nitrogen and oxygen atoms in total. The van der Waals surface area contributed by atoms with Gasteiger partial charge in [0.25, 0.3) is 0 Å². The van der Waals surface area contributed by atoms with Gasteiger partial charge >= 0.3 is 0 Å². The molecule has 0 radical (unpaired) electrons. The van der Waals surface area contributed by atoms with E-state index in [2.05, 4.69) is 38.0 Å². The second-order valence-electron chi connectivity index (χ2n) is 5.93. The number of rotatable bonds is 5. The molecule has 1 heterocycles. The van der Waals surface area contributed by atoms with Gasteiger partial charge in [0, 0.05) is 31.1 Å². The smallest absolute Gasteiger partial charge is 0.191 e. The van der Waals surface area contributed by atoms with E-state index in [0.29, 0.717) is 6.54 Å². The molecule has 1 saturated carbocycles. The van der Waals surface area contributed by atoms with E-state index in [0.717, 1.165) is 23.4 Å². The van der Waals surface area contributed by atoms with E-state index >= 15 is 0 Å². The number of halogens is 1. The molecule has 1 fully saturated rings. The molecule has 0 bridgehead atoms. The van der Waals surface area contributed by atoms with E-state index in [4.69, 9.17) is 11.6 Å². The fraction of sp³-hybridized carbons (Fsp3) is 0.438. The van der Waals surface area contributed by atoms with Crippen molar-refractivity contribution in [3.63, 3.8) is 0 Å². The van der Waals surface area contributed by atoms with E-state index in [1.807, 2.05) is 23.7 Å². The highest BCUT2D eigenvalue weighted by molar-refractivity contribution is 6.30. The summed E-state index contributed by atoms with van der Waals surface area (Å²) in [4.78, 5) is 4.27. The molecule has 1 aromatic heterocycles. The van der Waals surface area contributed by atoms with Crippen molar-refractivity contribution < 1.29 is 0 Å². The van der Waals surface area contributed by atoms with E-state index in [9.17, 15) is 0 Å². The first-order chi connectivity index (χ1) is 11.1. The van der Waals surface area contributed by atoms with Crippen LogP contribution in [-0.2, 0) is 19.0 Å². The zero-order valence-electron chi connectivity index (χ0n) is 13.4. The van der Waals surface area contributed by atoms with Crippen LogP contribution in [-0.4, -0.2) is 34.3 Å². The predicted molar refractivity (Wildman–Crippen MR) is 91.6 cm³/mol. The number of guanidine groups is 1. The number of aliphatic imine (C=N–C) groups is 1. The zero-order chi connectivity index (χ0) is 16.3. The van der Waals surface area contributed by atoms with Crippen molar-refractivity contribution in [2.75, 3.05) is 13.6 Å². The van der Waals surface area contributed by atoms with Crippen molar-refractivity contribution in [3.05, 3.63) is 47.0 Å². The molecule has 3 rings (SSSR count). The van der Waals surface area contributed by atoms with Crippen LogP contribution in [0, 0.1) is 0 Å². The van der Waals surface area contributed by atoms with Crippen LogP contribution in [0.2, 0.25) is 5.02 Å². The van der Waals surface area contributed by atoms with Crippen molar-refractivity contribution in [2.24, 2.45) is 12.0 Å². The molecular weight excluding hydrogens is 312 g/mol. The molecule has 23 heavy (non-hydrogen) atoms. The van der Waals surface area contributed by atoms with Crippen LogP contribution in [0.3, 0.4) is 0 Å². The van der Waals surface area contributed by atoms with Crippen LogP contribution in [0.5, 0.6) is 0 Å². The van der Waals surface area contributed by atoms with Crippen molar-refractivity contribution in [2.45, 2.75) is 24.8 Å². The third kappa shape index (κ3) is 3.64. The van der Waals surface area contributed by atoms with Crippen LogP contribution in [0.4, 0.5) is 0 Å². The number of hydrogen-bond acceptors (Lipinski definition) is 3.